The summed E-state index contributed by atoms with van der Waals surface area (Å²) >= 11 is 5.83. The first-order valence-electron chi connectivity index (χ1n) is 13.5. The topological polar surface area (TPSA) is 83.6 Å². The van der Waals surface area contributed by atoms with Crippen LogP contribution < -0.4 is 4.74 Å². The molecule has 9 nitrogen and oxygen atoms in total. The zero-order valence-electron chi connectivity index (χ0n) is 22.3. The second-order valence-electron chi connectivity index (χ2n) is 10.3. The third-order valence-electron chi connectivity index (χ3n) is 7.70. The number of carbonyl (C=O) groups is 1. The van der Waals surface area contributed by atoms with E-state index < -0.39 is 5.82 Å². The van der Waals surface area contributed by atoms with E-state index in [0.29, 0.717) is 35.1 Å². The number of nitrogens with zero attached hydrogens (tertiary/aromatic N) is 5. The molecule has 0 radical (unpaired) electrons. The Bertz CT molecular complexity index is 1510. The van der Waals surface area contributed by atoms with Gasteiger partial charge in [0.1, 0.15) is 18.2 Å². The highest BCUT2D eigenvalue weighted by atomic mass is 35.5. The third-order valence-corrected chi connectivity index (χ3v) is 7.93. The molecule has 0 amide bonds. The molecule has 2 aliphatic heterocycles. The number of likely N-dealkylation sites (tertiary alicyclic amines) is 1. The highest BCUT2D eigenvalue weighted by Crippen LogP contribution is 2.27. The van der Waals surface area contributed by atoms with Gasteiger partial charge in [0, 0.05) is 42.5 Å². The molecule has 2 saturated heterocycles. The largest absolute Gasteiger partial charge is 0.472 e. The fourth-order valence-corrected chi connectivity index (χ4v) is 5.47. The molecule has 0 aliphatic carbocycles. The van der Waals surface area contributed by atoms with Crippen molar-refractivity contribution >= 4 is 28.6 Å². The van der Waals surface area contributed by atoms with E-state index in [1.54, 1.807) is 18.2 Å². The number of fused-ring (bicyclic) bond motifs is 1. The van der Waals surface area contributed by atoms with E-state index in [0.717, 1.165) is 55.8 Å². The van der Waals surface area contributed by atoms with Crippen LogP contribution >= 0.6 is 11.6 Å². The zero-order chi connectivity index (χ0) is 27.6. The number of methoxy groups -OCH3 is 1. The minimum Gasteiger partial charge on any atom is -0.472 e. The summed E-state index contributed by atoms with van der Waals surface area (Å²) in [6.45, 7) is 4.09. The molecule has 2 aromatic carbocycles. The average molecular weight is 568 g/mol. The number of carbonyl (C=O) groups excluding carboxylic acids is 1. The minimum atomic E-state index is -0.392. The Morgan fingerprint density at radius 2 is 1.98 bits per heavy atom. The van der Waals surface area contributed by atoms with Crippen LogP contribution in [0.15, 0.2) is 48.7 Å². The van der Waals surface area contributed by atoms with E-state index in [1.807, 2.05) is 29.1 Å². The van der Waals surface area contributed by atoms with Gasteiger partial charge in [-0.3, -0.25) is 9.58 Å². The molecule has 0 saturated carbocycles. The molecule has 2 aliphatic rings. The number of hydrogen-bond donors (Lipinski definition) is 0. The van der Waals surface area contributed by atoms with Crippen LogP contribution in [0.4, 0.5) is 4.39 Å². The summed E-state index contributed by atoms with van der Waals surface area (Å²) in [6, 6.07) is 12.1. The van der Waals surface area contributed by atoms with Crippen molar-refractivity contribution in [2.75, 3.05) is 26.8 Å². The summed E-state index contributed by atoms with van der Waals surface area (Å²) in [5.74, 6) is 0.685. The Kier molecular flexibility index (Phi) is 7.73. The van der Waals surface area contributed by atoms with Crippen molar-refractivity contribution in [2.24, 2.45) is 0 Å². The second-order valence-corrected chi connectivity index (χ2v) is 10.7. The fourth-order valence-electron chi connectivity index (χ4n) is 5.31. The molecule has 2 aromatic heterocycles. The van der Waals surface area contributed by atoms with Gasteiger partial charge in [0.25, 0.3) is 0 Å². The van der Waals surface area contributed by atoms with Gasteiger partial charge in [-0.15, -0.1) is 5.10 Å². The fraction of sp³-hybridized carbons (Fsp3) is 0.414. The molecular formula is C29H31ClFN5O4. The first-order chi connectivity index (χ1) is 19.5. The molecule has 0 bridgehead atoms. The summed E-state index contributed by atoms with van der Waals surface area (Å²) < 4.78 is 34.6. The lowest BCUT2D eigenvalue weighted by Gasteiger charge is -2.32. The van der Waals surface area contributed by atoms with Crippen LogP contribution in [-0.4, -0.2) is 63.1 Å². The molecule has 11 heteroatoms. The number of esters is 1. The van der Waals surface area contributed by atoms with E-state index in [2.05, 4.69) is 14.6 Å². The molecule has 0 unspecified atom stereocenters. The Morgan fingerprint density at radius 1 is 1.15 bits per heavy atom. The van der Waals surface area contributed by atoms with Gasteiger partial charge in [0.2, 0.25) is 5.88 Å². The molecule has 1 atom stereocenters. The highest BCUT2D eigenvalue weighted by Gasteiger charge is 2.26. The van der Waals surface area contributed by atoms with Crippen molar-refractivity contribution in [1.82, 2.24) is 24.2 Å². The summed E-state index contributed by atoms with van der Waals surface area (Å²) in [7, 11) is 1.39. The van der Waals surface area contributed by atoms with Crippen molar-refractivity contribution in [3.8, 4) is 5.88 Å². The SMILES string of the molecule is COC(=O)c1ccc2nc(CN3CCC(n4ccc(OCc5ccc(Cl)cc5F)n4)CC3)n(C[C@@H]3CCO3)c2c1. The first kappa shape index (κ1) is 26.7. The number of aromatic nitrogens is 4. The lowest BCUT2D eigenvalue weighted by molar-refractivity contribution is -0.0592. The number of imidazole rings is 1. The summed E-state index contributed by atoms with van der Waals surface area (Å²) in [5, 5.41) is 4.94. The van der Waals surface area contributed by atoms with Crippen LogP contribution in [0.25, 0.3) is 11.0 Å². The summed E-state index contributed by atoms with van der Waals surface area (Å²) in [5.41, 5.74) is 2.73. The number of piperidine rings is 1. The molecule has 4 aromatic rings. The van der Waals surface area contributed by atoms with Gasteiger partial charge >= 0.3 is 5.97 Å². The molecule has 40 heavy (non-hydrogen) atoms. The Hall–Kier alpha value is -3.47. The molecule has 0 N–H and O–H groups in total. The van der Waals surface area contributed by atoms with Crippen molar-refractivity contribution in [1.29, 1.82) is 0 Å². The molecule has 4 heterocycles. The van der Waals surface area contributed by atoms with Crippen LogP contribution in [0.2, 0.25) is 5.02 Å². The van der Waals surface area contributed by atoms with Crippen LogP contribution in [0.3, 0.4) is 0 Å². The van der Waals surface area contributed by atoms with E-state index in [4.69, 9.17) is 30.8 Å². The van der Waals surface area contributed by atoms with Crippen LogP contribution in [-0.2, 0) is 29.2 Å². The van der Waals surface area contributed by atoms with Crippen molar-refractivity contribution in [2.45, 2.75) is 51.1 Å². The highest BCUT2D eigenvalue weighted by molar-refractivity contribution is 6.30. The maximum Gasteiger partial charge on any atom is 0.337 e. The van der Waals surface area contributed by atoms with E-state index >= 15 is 0 Å². The van der Waals surface area contributed by atoms with E-state index in [-0.39, 0.29) is 24.7 Å². The maximum absolute atomic E-state index is 14.0. The number of rotatable bonds is 9. The van der Waals surface area contributed by atoms with Gasteiger partial charge in [0.05, 0.1) is 48.9 Å². The van der Waals surface area contributed by atoms with Gasteiger partial charge < -0.3 is 18.8 Å². The number of halogens is 2. The zero-order valence-corrected chi connectivity index (χ0v) is 23.0. The van der Waals surface area contributed by atoms with Gasteiger partial charge in [0.15, 0.2) is 0 Å². The lowest BCUT2D eigenvalue weighted by atomic mass is 10.1. The van der Waals surface area contributed by atoms with E-state index in [9.17, 15) is 9.18 Å². The molecule has 210 valence electrons. The number of ether oxygens (including phenoxy) is 3. The van der Waals surface area contributed by atoms with Gasteiger partial charge in [-0.25, -0.2) is 14.2 Å². The normalized spacial score (nSPS) is 18.1. The third kappa shape index (κ3) is 5.70. The standard InChI is InChI=1S/C29H31ClFN5O4/c1-38-29(37)19-3-5-25-26(14-19)35(16-23-9-13-39-23)27(32-25)17-34-10-6-22(7-11-34)36-12-8-28(33-36)40-18-20-2-4-21(30)15-24(20)31/h2-5,8,12,14-15,22-23H,6-7,9-11,13,16-18H2,1H3/t23-/m0/s1. The quantitative estimate of drug-likeness (QED) is 0.263. The maximum atomic E-state index is 14.0. The first-order valence-corrected chi connectivity index (χ1v) is 13.9. The summed E-state index contributed by atoms with van der Waals surface area (Å²) in [4.78, 5) is 19.5. The number of hydrogen-bond acceptors (Lipinski definition) is 7. The molecule has 6 rings (SSSR count). The van der Waals surface area contributed by atoms with Gasteiger partial charge in [-0.2, -0.15) is 0 Å². The Balaban J connectivity index is 1.09. The van der Waals surface area contributed by atoms with Crippen LogP contribution in [0.1, 0.15) is 47.1 Å². The van der Waals surface area contributed by atoms with Gasteiger partial charge in [-0.05, 0) is 49.6 Å². The van der Waals surface area contributed by atoms with Crippen molar-refractivity contribution in [3.63, 3.8) is 0 Å². The average Bonchev–Trinajstić information content (AvgIpc) is 3.54. The van der Waals surface area contributed by atoms with Crippen LogP contribution in [0.5, 0.6) is 5.88 Å². The predicted molar refractivity (Wildman–Crippen MR) is 147 cm³/mol. The van der Waals surface area contributed by atoms with Crippen molar-refractivity contribution in [3.05, 3.63) is 76.5 Å². The van der Waals surface area contributed by atoms with Crippen LogP contribution in [0, 0.1) is 5.82 Å². The Morgan fingerprint density at radius 3 is 2.70 bits per heavy atom. The number of benzene rings is 2. The van der Waals surface area contributed by atoms with E-state index in [1.165, 1.54) is 13.2 Å². The summed E-state index contributed by atoms with van der Waals surface area (Å²) in [6.07, 6.45) is 4.98. The molecule has 0 spiro atoms. The Labute approximate surface area is 236 Å². The van der Waals surface area contributed by atoms with Crippen molar-refractivity contribution < 1.29 is 23.4 Å². The smallest absolute Gasteiger partial charge is 0.337 e. The van der Waals surface area contributed by atoms with Gasteiger partial charge in [-0.1, -0.05) is 17.7 Å². The monoisotopic (exact) mass is 567 g/mol. The lowest BCUT2D eigenvalue weighted by Crippen LogP contribution is -2.36. The molecular weight excluding hydrogens is 537 g/mol. The molecule has 2 fully saturated rings. The predicted octanol–water partition coefficient (Wildman–Crippen LogP) is 5.02. The minimum absolute atomic E-state index is 0.0898. The second kappa shape index (κ2) is 11.6.